The van der Waals surface area contributed by atoms with Gasteiger partial charge in [-0.2, -0.15) is 0 Å². The van der Waals surface area contributed by atoms with E-state index in [0.29, 0.717) is 13.0 Å². The highest BCUT2D eigenvalue weighted by molar-refractivity contribution is 5.78. The molecule has 0 aromatic heterocycles. The highest BCUT2D eigenvalue weighted by Crippen LogP contribution is 2.14. The van der Waals surface area contributed by atoms with Crippen molar-refractivity contribution in [2.24, 2.45) is 11.7 Å². The van der Waals surface area contributed by atoms with Gasteiger partial charge in [-0.3, -0.25) is 9.59 Å². The predicted octanol–water partition coefficient (Wildman–Crippen LogP) is 1.22. The monoisotopic (exact) mass is 301 g/mol. The predicted molar refractivity (Wildman–Crippen MR) is 79.7 cm³/mol. The largest absolute Gasteiger partial charge is 0.481 e. The molecule has 0 aromatic rings. The zero-order valence-electron chi connectivity index (χ0n) is 13.1. The van der Waals surface area contributed by atoms with Crippen molar-refractivity contribution in [1.29, 1.82) is 0 Å². The second-order valence-corrected chi connectivity index (χ2v) is 5.90. The minimum Gasteiger partial charge on any atom is -0.481 e. The summed E-state index contributed by atoms with van der Waals surface area (Å²) in [5.41, 5.74) is 4.42. The average Bonchev–Trinajstić information content (AvgIpc) is 2.30. The van der Waals surface area contributed by atoms with Crippen molar-refractivity contribution in [2.45, 2.75) is 58.4 Å². The molecule has 0 aromatic carbocycles. The molecular weight excluding hydrogens is 274 g/mol. The van der Waals surface area contributed by atoms with Gasteiger partial charge in [-0.25, -0.2) is 4.79 Å². The Hall–Kier alpha value is -1.79. The maximum Gasteiger partial charge on any atom is 0.315 e. The minimum absolute atomic E-state index is 0.0661. The fourth-order valence-corrected chi connectivity index (χ4v) is 2.10. The van der Waals surface area contributed by atoms with Crippen LogP contribution in [0.3, 0.4) is 0 Å². The van der Waals surface area contributed by atoms with Gasteiger partial charge in [0, 0.05) is 24.9 Å². The normalized spacial score (nSPS) is 12.5. The number of hydrogen-bond acceptors (Lipinski definition) is 3. The molecule has 0 heterocycles. The summed E-state index contributed by atoms with van der Waals surface area (Å²) in [6.07, 6.45) is 2.44. The third-order valence-corrected chi connectivity index (χ3v) is 3.25. The second-order valence-electron chi connectivity index (χ2n) is 5.90. The van der Waals surface area contributed by atoms with E-state index < -0.39 is 17.4 Å². The van der Waals surface area contributed by atoms with Gasteiger partial charge in [-0.1, -0.05) is 13.3 Å². The first-order valence-corrected chi connectivity index (χ1v) is 7.22. The Bertz CT molecular complexity index is 369. The van der Waals surface area contributed by atoms with E-state index in [1.54, 1.807) is 13.8 Å². The first-order valence-electron chi connectivity index (χ1n) is 7.22. The maximum atomic E-state index is 11.7. The molecule has 1 unspecified atom stereocenters. The van der Waals surface area contributed by atoms with Gasteiger partial charge in [0.25, 0.3) is 0 Å². The Labute approximate surface area is 125 Å². The van der Waals surface area contributed by atoms with E-state index in [9.17, 15) is 14.4 Å². The van der Waals surface area contributed by atoms with E-state index in [1.165, 1.54) is 0 Å². The number of carboxylic acid groups (broad SMARTS) is 1. The number of nitrogens with one attached hydrogen (secondary N) is 2. The lowest BCUT2D eigenvalue weighted by molar-refractivity contribution is -0.137. The highest BCUT2D eigenvalue weighted by Gasteiger charge is 2.22. The summed E-state index contributed by atoms with van der Waals surface area (Å²) in [4.78, 5) is 33.1. The number of amides is 3. The number of nitrogens with two attached hydrogens (primary N) is 1. The molecule has 0 saturated carbocycles. The number of aliphatic carboxylic acids is 1. The molecule has 0 spiro atoms. The summed E-state index contributed by atoms with van der Waals surface area (Å²) in [7, 11) is 0. The van der Waals surface area contributed by atoms with Crippen molar-refractivity contribution < 1.29 is 19.5 Å². The lowest BCUT2D eigenvalue weighted by Gasteiger charge is -2.25. The average molecular weight is 301 g/mol. The van der Waals surface area contributed by atoms with Crippen LogP contribution >= 0.6 is 0 Å². The molecule has 122 valence electrons. The molecule has 7 nitrogen and oxygen atoms in total. The number of rotatable bonds is 10. The van der Waals surface area contributed by atoms with Crippen LogP contribution in [0, 0.1) is 5.92 Å². The summed E-state index contributed by atoms with van der Waals surface area (Å²) < 4.78 is 0. The fourth-order valence-electron chi connectivity index (χ4n) is 2.10. The summed E-state index contributed by atoms with van der Waals surface area (Å²) >= 11 is 0. The third-order valence-electron chi connectivity index (χ3n) is 3.25. The molecule has 0 aliphatic carbocycles. The first-order chi connectivity index (χ1) is 9.66. The Morgan fingerprint density at radius 3 is 2.33 bits per heavy atom. The van der Waals surface area contributed by atoms with Gasteiger partial charge in [0.15, 0.2) is 0 Å². The Morgan fingerprint density at radius 1 is 1.24 bits per heavy atom. The smallest absolute Gasteiger partial charge is 0.315 e. The lowest BCUT2D eigenvalue weighted by atomic mass is 9.96. The molecule has 0 aliphatic heterocycles. The van der Waals surface area contributed by atoms with Crippen LogP contribution in [0.15, 0.2) is 0 Å². The summed E-state index contributed by atoms with van der Waals surface area (Å²) in [5.74, 6) is -0.993. The zero-order valence-corrected chi connectivity index (χ0v) is 13.1. The number of carboxylic acids is 1. The molecule has 0 radical (unpaired) electrons. The van der Waals surface area contributed by atoms with Gasteiger partial charge in [-0.15, -0.1) is 0 Å². The molecule has 0 rings (SSSR count). The van der Waals surface area contributed by atoms with E-state index in [1.807, 2.05) is 6.92 Å². The van der Waals surface area contributed by atoms with Crippen LogP contribution in [0.2, 0.25) is 0 Å². The maximum absolute atomic E-state index is 11.7. The van der Waals surface area contributed by atoms with Gasteiger partial charge >= 0.3 is 12.0 Å². The zero-order chi connectivity index (χ0) is 16.5. The second kappa shape index (κ2) is 9.20. The van der Waals surface area contributed by atoms with Crippen molar-refractivity contribution in [3.63, 3.8) is 0 Å². The Morgan fingerprint density at radius 2 is 1.86 bits per heavy atom. The van der Waals surface area contributed by atoms with E-state index >= 15 is 0 Å². The number of carbonyl (C=O) groups is 3. The van der Waals surface area contributed by atoms with E-state index in [4.69, 9.17) is 10.8 Å². The molecule has 1 atom stereocenters. The number of hydrogen-bond donors (Lipinski definition) is 4. The van der Waals surface area contributed by atoms with Crippen molar-refractivity contribution in [2.75, 3.05) is 6.54 Å². The quantitative estimate of drug-likeness (QED) is 0.484. The number of carbonyl (C=O) groups excluding carboxylic acids is 2. The van der Waals surface area contributed by atoms with Gasteiger partial charge in [0.2, 0.25) is 5.91 Å². The van der Waals surface area contributed by atoms with Crippen LogP contribution in [0.25, 0.3) is 0 Å². The van der Waals surface area contributed by atoms with Crippen LogP contribution in [0.5, 0.6) is 0 Å². The van der Waals surface area contributed by atoms with Gasteiger partial charge in [-0.05, 0) is 32.6 Å². The van der Waals surface area contributed by atoms with Crippen molar-refractivity contribution in [3.8, 4) is 0 Å². The molecule has 21 heavy (non-hydrogen) atoms. The lowest BCUT2D eigenvalue weighted by Crippen LogP contribution is -2.50. The highest BCUT2D eigenvalue weighted by atomic mass is 16.4. The topological polar surface area (TPSA) is 122 Å². The number of urea groups is 1. The van der Waals surface area contributed by atoms with Crippen LogP contribution < -0.4 is 16.4 Å². The Kier molecular flexibility index (Phi) is 8.42. The van der Waals surface area contributed by atoms with Crippen molar-refractivity contribution in [1.82, 2.24) is 10.6 Å². The number of primary amides is 1. The molecule has 0 fully saturated rings. The first kappa shape index (κ1) is 19.2. The van der Waals surface area contributed by atoms with Crippen molar-refractivity contribution in [3.05, 3.63) is 0 Å². The van der Waals surface area contributed by atoms with Crippen LogP contribution in [0.4, 0.5) is 4.79 Å². The fraction of sp³-hybridized carbons (Fsp3) is 0.786. The minimum atomic E-state index is -0.799. The molecule has 5 N–H and O–H groups in total. The molecular formula is C14H27N3O4. The van der Waals surface area contributed by atoms with E-state index in [0.717, 1.165) is 12.8 Å². The van der Waals surface area contributed by atoms with Crippen molar-refractivity contribution >= 4 is 17.9 Å². The van der Waals surface area contributed by atoms with Crippen LogP contribution in [-0.4, -0.2) is 35.1 Å². The Balaban J connectivity index is 4.01. The molecule has 0 saturated heterocycles. The summed E-state index contributed by atoms with van der Waals surface area (Å²) in [5, 5.41) is 14.1. The molecule has 3 amide bonds. The van der Waals surface area contributed by atoms with Gasteiger partial charge in [0.1, 0.15) is 0 Å². The summed E-state index contributed by atoms with van der Waals surface area (Å²) in [6.45, 7) is 5.91. The van der Waals surface area contributed by atoms with Crippen LogP contribution in [-0.2, 0) is 9.59 Å². The van der Waals surface area contributed by atoms with Crippen LogP contribution in [0.1, 0.15) is 52.9 Å². The molecule has 0 aliphatic rings. The van der Waals surface area contributed by atoms with Gasteiger partial charge in [0.05, 0.1) is 0 Å². The molecule has 7 heteroatoms. The molecule has 0 bridgehead atoms. The SMILES string of the molecule is CCC(CCNC(=O)NC(C)(C)CC(N)=O)CCC(=O)O. The van der Waals surface area contributed by atoms with E-state index in [2.05, 4.69) is 10.6 Å². The van der Waals surface area contributed by atoms with E-state index in [-0.39, 0.29) is 24.8 Å². The third kappa shape index (κ3) is 10.6. The standard InChI is InChI=1S/C14H27N3O4/c1-4-10(5-6-12(19)20)7-8-16-13(21)17-14(2,3)9-11(15)18/h10H,4-9H2,1-3H3,(H2,15,18)(H,19,20)(H2,16,17,21). The summed E-state index contributed by atoms with van der Waals surface area (Å²) in [6, 6.07) is -0.352. The van der Waals surface area contributed by atoms with Gasteiger partial charge < -0.3 is 21.5 Å².